The van der Waals surface area contributed by atoms with Gasteiger partial charge in [-0.15, -0.1) is 10.2 Å². The van der Waals surface area contributed by atoms with E-state index in [9.17, 15) is 4.79 Å². The molecule has 0 bridgehead atoms. The van der Waals surface area contributed by atoms with E-state index in [-0.39, 0.29) is 5.91 Å². The zero-order chi connectivity index (χ0) is 18.6. The molecule has 1 fully saturated rings. The highest BCUT2D eigenvalue weighted by Gasteiger charge is 2.30. The third-order valence-electron chi connectivity index (χ3n) is 4.52. The average molecular weight is 382 g/mol. The molecule has 2 aromatic heterocycles. The second kappa shape index (κ2) is 8.00. The van der Waals surface area contributed by atoms with Gasteiger partial charge in [0.15, 0.2) is 5.16 Å². The highest BCUT2D eigenvalue weighted by molar-refractivity contribution is 7.99. The Bertz CT molecular complexity index is 899. The zero-order valence-corrected chi connectivity index (χ0v) is 16.0. The number of hydrogen-bond acceptors (Lipinski definition) is 5. The quantitative estimate of drug-likeness (QED) is 0.604. The Morgan fingerprint density at radius 3 is 2.78 bits per heavy atom. The molecule has 4 rings (SSSR count). The van der Waals surface area contributed by atoms with Crippen LogP contribution in [0.2, 0.25) is 0 Å². The van der Waals surface area contributed by atoms with Gasteiger partial charge in [0.1, 0.15) is 11.6 Å². The Morgan fingerprint density at radius 2 is 2.07 bits per heavy atom. The predicted octanol–water partition coefficient (Wildman–Crippen LogP) is 3.51. The molecule has 1 aliphatic carbocycles. The van der Waals surface area contributed by atoms with Crippen LogP contribution in [0.15, 0.2) is 52.2 Å². The van der Waals surface area contributed by atoms with Crippen LogP contribution >= 0.6 is 11.8 Å². The molecule has 0 radical (unpaired) electrons. The first-order valence-corrected chi connectivity index (χ1v) is 10.1. The minimum absolute atomic E-state index is 0.0129. The zero-order valence-electron chi connectivity index (χ0n) is 15.2. The first-order valence-electron chi connectivity index (χ1n) is 9.09. The van der Waals surface area contributed by atoms with Gasteiger partial charge in [0, 0.05) is 12.5 Å². The Kier molecular flexibility index (Phi) is 5.29. The van der Waals surface area contributed by atoms with Crippen molar-refractivity contribution in [3.8, 4) is 0 Å². The predicted molar refractivity (Wildman–Crippen MR) is 104 cm³/mol. The number of carbonyl (C=O) groups is 1. The van der Waals surface area contributed by atoms with E-state index in [0.29, 0.717) is 24.8 Å². The van der Waals surface area contributed by atoms with Crippen molar-refractivity contribution in [2.75, 3.05) is 5.75 Å². The van der Waals surface area contributed by atoms with Gasteiger partial charge in [0.25, 0.3) is 0 Å². The van der Waals surface area contributed by atoms with Gasteiger partial charge in [-0.25, -0.2) is 0 Å². The second-order valence-corrected chi connectivity index (χ2v) is 7.77. The summed E-state index contributed by atoms with van der Waals surface area (Å²) in [6, 6.07) is 12.0. The minimum Gasteiger partial charge on any atom is -0.467 e. The largest absolute Gasteiger partial charge is 0.467 e. The Hall–Kier alpha value is -2.54. The molecule has 0 aliphatic heterocycles. The summed E-state index contributed by atoms with van der Waals surface area (Å²) in [5.74, 6) is 2.64. The van der Waals surface area contributed by atoms with E-state index >= 15 is 0 Å². The van der Waals surface area contributed by atoms with Crippen molar-refractivity contribution in [2.45, 2.75) is 43.9 Å². The number of aryl methyl sites for hydroxylation is 1. The first-order chi connectivity index (χ1) is 13.2. The van der Waals surface area contributed by atoms with Crippen molar-refractivity contribution in [3.05, 3.63) is 65.4 Å². The highest BCUT2D eigenvalue weighted by Crippen LogP contribution is 2.40. The van der Waals surface area contributed by atoms with Gasteiger partial charge in [-0.05, 0) is 37.5 Å². The fourth-order valence-electron chi connectivity index (χ4n) is 2.85. The second-order valence-electron chi connectivity index (χ2n) is 6.83. The molecular weight excluding hydrogens is 360 g/mol. The van der Waals surface area contributed by atoms with Crippen LogP contribution in [0.3, 0.4) is 0 Å². The van der Waals surface area contributed by atoms with E-state index in [4.69, 9.17) is 4.42 Å². The lowest BCUT2D eigenvalue weighted by Crippen LogP contribution is -2.24. The fraction of sp³-hybridized carbons (Fsp3) is 0.350. The number of nitrogens with one attached hydrogen (secondary N) is 1. The average Bonchev–Trinajstić information content (AvgIpc) is 3.24. The summed E-state index contributed by atoms with van der Waals surface area (Å²) < 4.78 is 7.55. The molecule has 27 heavy (non-hydrogen) atoms. The topological polar surface area (TPSA) is 73.0 Å². The lowest BCUT2D eigenvalue weighted by Gasteiger charge is -2.09. The molecule has 0 unspecified atom stereocenters. The van der Waals surface area contributed by atoms with Gasteiger partial charge in [-0.1, -0.05) is 41.6 Å². The van der Waals surface area contributed by atoms with Crippen LogP contribution in [-0.2, 0) is 17.9 Å². The van der Waals surface area contributed by atoms with Gasteiger partial charge in [0.2, 0.25) is 5.91 Å². The van der Waals surface area contributed by atoms with Gasteiger partial charge < -0.3 is 9.73 Å². The van der Waals surface area contributed by atoms with Crippen molar-refractivity contribution >= 4 is 17.7 Å². The number of amides is 1. The number of rotatable bonds is 8. The molecule has 2 heterocycles. The SMILES string of the molecule is Cc1ccc(CNC(=O)CSc2nnc(C3CC3)n2Cc2ccco2)cc1. The Labute approximate surface area is 162 Å². The standard InChI is InChI=1S/C20H22N4O2S/c1-14-4-6-15(7-5-14)11-21-18(25)13-27-20-23-22-19(16-8-9-16)24(20)12-17-3-2-10-26-17/h2-7,10,16H,8-9,11-13H2,1H3,(H,21,25). The molecule has 1 N–H and O–H groups in total. The molecule has 0 spiro atoms. The number of hydrogen-bond donors (Lipinski definition) is 1. The van der Waals surface area contributed by atoms with E-state index in [1.807, 2.05) is 43.3 Å². The highest BCUT2D eigenvalue weighted by atomic mass is 32.2. The van der Waals surface area contributed by atoms with Crippen molar-refractivity contribution in [3.63, 3.8) is 0 Å². The summed E-state index contributed by atoms with van der Waals surface area (Å²) in [5, 5.41) is 12.4. The van der Waals surface area contributed by atoms with Crippen molar-refractivity contribution in [1.29, 1.82) is 0 Å². The van der Waals surface area contributed by atoms with Crippen LogP contribution in [0.5, 0.6) is 0 Å². The molecule has 1 aromatic carbocycles. The Balaban J connectivity index is 1.36. The molecule has 1 saturated carbocycles. The van der Waals surface area contributed by atoms with Crippen LogP contribution in [0.1, 0.15) is 41.5 Å². The minimum atomic E-state index is -0.0129. The van der Waals surface area contributed by atoms with E-state index in [2.05, 4.69) is 20.1 Å². The molecule has 1 aliphatic rings. The molecule has 0 saturated heterocycles. The monoisotopic (exact) mass is 382 g/mol. The van der Waals surface area contributed by atoms with Crippen LogP contribution in [0.4, 0.5) is 0 Å². The maximum absolute atomic E-state index is 12.2. The van der Waals surface area contributed by atoms with E-state index in [0.717, 1.165) is 35.1 Å². The van der Waals surface area contributed by atoms with Crippen molar-refractivity contribution < 1.29 is 9.21 Å². The molecule has 0 atom stereocenters. The fourth-order valence-corrected chi connectivity index (χ4v) is 3.62. The number of aromatic nitrogens is 3. The van der Waals surface area contributed by atoms with Gasteiger partial charge >= 0.3 is 0 Å². The number of thioether (sulfide) groups is 1. The van der Waals surface area contributed by atoms with Gasteiger partial charge in [0.05, 0.1) is 18.6 Å². The lowest BCUT2D eigenvalue weighted by molar-refractivity contribution is -0.118. The normalized spacial score (nSPS) is 13.7. The van der Waals surface area contributed by atoms with Crippen LogP contribution in [0, 0.1) is 6.92 Å². The maximum Gasteiger partial charge on any atom is 0.230 e. The molecule has 7 heteroatoms. The van der Waals surface area contributed by atoms with Crippen molar-refractivity contribution in [2.24, 2.45) is 0 Å². The molecule has 6 nitrogen and oxygen atoms in total. The van der Waals surface area contributed by atoms with E-state index in [1.165, 1.54) is 17.3 Å². The summed E-state index contributed by atoms with van der Waals surface area (Å²) in [5.41, 5.74) is 2.30. The van der Waals surface area contributed by atoms with Crippen LogP contribution in [-0.4, -0.2) is 26.4 Å². The van der Waals surface area contributed by atoms with Crippen LogP contribution in [0.25, 0.3) is 0 Å². The molecule has 3 aromatic rings. The number of nitrogens with zero attached hydrogens (tertiary/aromatic N) is 3. The van der Waals surface area contributed by atoms with Gasteiger partial charge in [-0.3, -0.25) is 9.36 Å². The molecular formula is C20H22N4O2S. The molecule has 1 amide bonds. The number of benzene rings is 1. The summed E-state index contributed by atoms with van der Waals surface area (Å²) in [6.07, 6.45) is 3.97. The number of carbonyl (C=O) groups excluding carboxylic acids is 1. The van der Waals surface area contributed by atoms with Crippen molar-refractivity contribution in [1.82, 2.24) is 20.1 Å². The van der Waals surface area contributed by atoms with Crippen LogP contribution < -0.4 is 5.32 Å². The summed E-state index contributed by atoms with van der Waals surface area (Å²) in [6.45, 7) is 3.18. The Morgan fingerprint density at radius 1 is 1.26 bits per heavy atom. The molecule has 140 valence electrons. The first kappa shape index (κ1) is 17.9. The lowest BCUT2D eigenvalue weighted by atomic mass is 10.1. The third kappa shape index (κ3) is 4.60. The summed E-state index contributed by atoms with van der Waals surface area (Å²) in [4.78, 5) is 12.2. The smallest absolute Gasteiger partial charge is 0.230 e. The van der Waals surface area contributed by atoms with E-state index < -0.39 is 0 Å². The summed E-state index contributed by atoms with van der Waals surface area (Å²) >= 11 is 1.42. The number of furan rings is 1. The maximum atomic E-state index is 12.2. The van der Waals surface area contributed by atoms with E-state index in [1.54, 1.807) is 6.26 Å². The third-order valence-corrected chi connectivity index (χ3v) is 5.49. The van der Waals surface area contributed by atoms with Gasteiger partial charge in [-0.2, -0.15) is 0 Å². The summed E-state index contributed by atoms with van der Waals surface area (Å²) in [7, 11) is 0.